The molecule has 128 valence electrons. The topological polar surface area (TPSA) is 89.5 Å². The minimum absolute atomic E-state index is 0.0689. The number of nitrogens with zero attached hydrogens (tertiary/aromatic N) is 3. The molecule has 0 saturated heterocycles. The van der Waals surface area contributed by atoms with E-state index in [1.165, 1.54) is 12.1 Å². The van der Waals surface area contributed by atoms with Crippen LogP contribution in [0.2, 0.25) is 0 Å². The number of anilines is 1. The summed E-state index contributed by atoms with van der Waals surface area (Å²) in [6.07, 6.45) is 3.34. The van der Waals surface area contributed by atoms with Crippen molar-refractivity contribution in [2.24, 2.45) is 0 Å². The number of hydrogen-bond donors (Lipinski definition) is 1. The first-order chi connectivity index (χ1) is 12.0. The molecule has 2 heterocycles. The summed E-state index contributed by atoms with van der Waals surface area (Å²) in [6.45, 7) is 3.97. The van der Waals surface area contributed by atoms with E-state index in [-0.39, 0.29) is 11.6 Å². The van der Waals surface area contributed by atoms with Gasteiger partial charge in [0, 0.05) is 24.0 Å². The Hall–Kier alpha value is -3.22. The third-order valence-electron chi connectivity index (χ3n) is 3.93. The zero-order valence-corrected chi connectivity index (χ0v) is 14.0. The van der Waals surface area contributed by atoms with Crippen molar-refractivity contribution in [1.29, 1.82) is 0 Å². The van der Waals surface area contributed by atoms with Crippen LogP contribution in [0.25, 0.3) is 5.65 Å². The van der Waals surface area contributed by atoms with Crippen LogP contribution in [0.4, 0.5) is 11.4 Å². The number of imidazole rings is 1. The first kappa shape index (κ1) is 16.6. The van der Waals surface area contributed by atoms with E-state index in [9.17, 15) is 14.9 Å². The molecule has 25 heavy (non-hydrogen) atoms. The first-order valence-corrected chi connectivity index (χ1v) is 8.03. The molecule has 0 aliphatic rings. The van der Waals surface area contributed by atoms with E-state index < -0.39 is 4.92 Å². The molecule has 0 spiro atoms. The van der Waals surface area contributed by atoms with Crippen molar-refractivity contribution in [2.75, 3.05) is 5.32 Å². The standard InChI is InChI=1S/C18H18N4O3/c1-3-6-15-16(21-10-5-7-12(2)17(21)20-15)18(23)19-13-8-4-9-14(11-13)22(24)25/h4-5,7-11H,3,6H2,1-2H3,(H,19,23). The normalized spacial score (nSPS) is 10.8. The van der Waals surface area contributed by atoms with Gasteiger partial charge in [0.15, 0.2) is 0 Å². The Balaban J connectivity index is 2.02. The van der Waals surface area contributed by atoms with Crippen molar-refractivity contribution in [3.8, 4) is 0 Å². The predicted molar refractivity (Wildman–Crippen MR) is 95.0 cm³/mol. The molecule has 0 unspecified atom stereocenters. The zero-order valence-electron chi connectivity index (χ0n) is 14.0. The van der Waals surface area contributed by atoms with Crippen LogP contribution in [0, 0.1) is 17.0 Å². The number of benzene rings is 1. The fraction of sp³-hybridized carbons (Fsp3) is 0.222. The summed E-state index contributed by atoms with van der Waals surface area (Å²) in [5.41, 5.74) is 3.22. The zero-order chi connectivity index (χ0) is 18.0. The number of aryl methyl sites for hydroxylation is 2. The van der Waals surface area contributed by atoms with E-state index >= 15 is 0 Å². The summed E-state index contributed by atoms with van der Waals surface area (Å²) in [5.74, 6) is -0.331. The molecule has 1 N–H and O–H groups in total. The SMILES string of the molecule is CCCc1nc2c(C)cccn2c1C(=O)Nc1cccc([N+](=O)[O-])c1. The highest BCUT2D eigenvalue weighted by Gasteiger charge is 2.20. The van der Waals surface area contributed by atoms with Gasteiger partial charge in [-0.15, -0.1) is 0 Å². The minimum Gasteiger partial charge on any atom is -0.320 e. The van der Waals surface area contributed by atoms with Gasteiger partial charge in [-0.2, -0.15) is 0 Å². The van der Waals surface area contributed by atoms with Gasteiger partial charge in [-0.25, -0.2) is 4.98 Å². The van der Waals surface area contributed by atoms with Gasteiger partial charge in [-0.1, -0.05) is 25.5 Å². The molecule has 3 aromatic rings. The number of carbonyl (C=O) groups excluding carboxylic acids is 1. The van der Waals surface area contributed by atoms with E-state index in [0.717, 1.165) is 23.3 Å². The van der Waals surface area contributed by atoms with Crippen molar-refractivity contribution < 1.29 is 9.72 Å². The number of nitrogens with one attached hydrogen (secondary N) is 1. The molecular formula is C18H18N4O3. The lowest BCUT2D eigenvalue weighted by molar-refractivity contribution is -0.384. The molecule has 0 atom stereocenters. The van der Waals surface area contributed by atoms with E-state index in [2.05, 4.69) is 10.3 Å². The van der Waals surface area contributed by atoms with Gasteiger partial charge >= 0.3 is 0 Å². The van der Waals surface area contributed by atoms with E-state index in [1.807, 2.05) is 26.0 Å². The summed E-state index contributed by atoms with van der Waals surface area (Å²) >= 11 is 0. The Bertz CT molecular complexity index is 962. The van der Waals surface area contributed by atoms with Crippen LogP contribution in [0.1, 0.15) is 35.1 Å². The Morgan fingerprint density at radius 1 is 1.32 bits per heavy atom. The van der Waals surface area contributed by atoms with Gasteiger partial charge in [0.05, 0.1) is 10.6 Å². The number of nitro benzene ring substituents is 1. The Morgan fingerprint density at radius 2 is 2.12 bits per heavy atom. The fourth-order valence-electron chi connectivity index (χ4n) is 2.79. The highest BCUT2D eigenvalue weighted by molar-refractivity contribution is 6.04. The molecule has 1 aromatic carbocycles. The van der Waals surface area contributed by atoms with Gasteiger partial charge in [0.2, 0.25) is 0 Å². The van der Waals surface area contributed by atoms with Crippen LogP contribution < -0.4 is 5.32 Å². The van der Waals surface area contributed by atoms with Crippen molar-refractivity contribution >= 4 is 22.9 Å². The third-order valence-corrected chi connectivity index (χ3v) is 3.93. The van der Waals surface area contributed by atoms with Gasteiger partial charge in [0.25, 0.3) is 11.6 Å². The Morgan fingerprint density at radius 3 is 2.84 bits per heavy atom. The smallest absolute Gasteiger partial charge is 0.274 e. The van der Waals surface area contributed by atoms with E-state index in [1.54, 1.807) is 22.7 Å². The summed E-state index contributed by atoms with van der Waals surface area (Å²) in [4.78, 5) is 27.8. The second-order valence-corrected chi connectivity index (χ2v) is 5.80. The highest BCUT2D eigenvalue weighted by Crippen LogP contribution is 2.21. The molecule has 0 bridgehead atoms. The molecule has 1 amide bonds. The second kappa shape index (κ2) is 6.72. The third kappa shape index (κ3) is 3.21. The van der Waals surface area contributed by atoms with E-state index in [4.69, 9.17) is 0 Å². The van der Waals surface area contributed by atoms with Gasteiger partial charge < -0.3 is 5.32 Å². The number of amides is 1. The summed E-state index contributed by atoms with van der Waals surface area (Å²) in [5, 5.41) is 13.6. The van der Waals surface area contributed by atoms with Crippen molar-refractivity contribution in [1.82, 2.24) is 9.38 Å². The highest BCUT2D eigenvalue weighted by atomic mass is 16.6. The molecule has 7 nitrogen and oxygen atoms in total. The van der Waals surface area contributed by atoms with Gasteiger partial charge in [-0.3, -0.25) is 19.3 Å². The maximum absolute atomic E-state index is 12.8. The number of carbonyl (C=O) groups is 1. The monoisotopic (exact) mass is 338 g/mol. The molecule has 3 rings (SSSR count). The summed E-state index contributed by atoms with van der Waals surface area (Å²) in [6, 6.07) is 9.70. The van der Waals surface area contributed by atoms with E-state index in [0.29, 0.717) is 17.8 Å². The largest absolute Gasteiger partial charge is 0.320 e. The predicted octanol–water partition coefficient (Wildman–Crippen LogP) is 3.76. The van der Waals surface area contributed by atoms with Crippen LogP contribution in [-0.4, -0.2) is 20.2 Å². The molecule has 0 aliphatic carbocycles. The number of aromatic nitrogens is 2. The number of nitro groups is 1. The molecule has 0 aliphatic heterocycles. The lowest BCUT2D eigenvalue weighted by Gasteiger charge is -2.07. The van der Waals surface area contributed by atoms with Crippen molar-refractivity contribution in [3.63, 3.8) is 0 Å². The first-order valence-electron chi connectivity index (χ1n) is 8.03. The maximum Gasteiger partial charge on any atom is 0.274 e. The average molecular weight is 338 g/mol. The fourth-order valence-corrected chi connectivity index (χ4v) is 2.79. The maximum atomic E-state index is 12.8. The minimum atomic E-state index is -0.490. The number of pyridine rings is 1. The van der Waals surface area contributed by atoms with Gasteiger partial charge in [0.1, 0.15) is 11.3 Å². The summed E-state index contributed by atoms with van der Waals surface area (Å²) < 4.78 is 1.77. The number of fused-ring (bicyclic) bond motifs is 1. The summed E-state index contributed by atoms with van der Waals surface area (Å²) in [7, 11) is 0. The Kier molecular flexibility index (Phi) is 4.47. The number of hydrogen-bond acceptors (Lipinski definition) is 4. The molecule has 0 fully saturated rings. The van der Waals surface area contributed by atoms with Crippen molar-refractivity contribution in [3.05, 3.63) is 69.7 Å². The molecule has 2 aromatic heterocycles. The molecule has 7 heteroatoms. The Labute approximate surface area is 144 Å². The van der Waals surface area contributed by atoms with Crippen LogP contribution in [0.15, 0.2) is 42.6 Å². The number of rotatable bonds is 5. The van der Waals surface area contributed by atoms with Crippen LogP contribution >= 0.6 is 0 Å². The lowest BCUT2D eigenvalue weighted by atomic mass is 10.2. The second-order valence-electron chi connectivity index (χ2n) is 5.80. The van der Waals surface area contributed by atoms with Gasteiger partial charge in [-0.05, 0) is 31.0 Å². The van der Waals surface area contributed by atoms with Crippen LogP contribution in [-0.2, 0) is 6.42 Å². The average Bonchev–Trinajstić information content (AvgIpc) is 2.95. The number of non-ortho nitro benzene ring substituents is 1. The van der Waals surface area contributed by atoms with Crippen LogP contribution in [0.5, 0.6) is 0 Å². The van der Waals surface area contributed by atoms with Crippen LogP contribution in [0.3, 0.4) is 0 Å². The van der Waals surface area contributed by atoms with Crippen molar-refractivity contribution in [2.45, 2.75) is 26.7 Å². The molecule has 0 radical (unpaired) electrons. The molecular weight excluding hydrogens is 320 g/mol. The quantitative estimate of drug-likeness (QED) is 0.566. The lowest BCUT2D eigenvalue weighted by Crippen LogP contribution is -2.16. The molecule has 0 saturated carbocycles.